The van der Waals surface area contributed by atoms with E-state index in [1.807, 2.05) is 27.7 Å². The maximum Gasteiger partial charge on any atom is 0.540 e. The quantitative estimate of drug-likeness (QED) is 0.171. The van der Waals surface area contributed by atoms with Gasteiger partial charge in [0.15, 0.2) is 23.3 Å². The maximum atomic E-state index is 13.4. The zero-order valence-electron chi connectivity index (χ0n) is 25.1. The molecule has 2 aromatic carbocycles. The molecule has 0 spiro atoms. The van der Waals surface area contributed by atoms with Crippen molar-refractivity contribution in [2.75, 3.05) is 36.1 Å². The average molecular weight is 643 g/mol. The van der Waals surface area contributed by atoms with Gasteiger partial charge in [0.1, 0.15) is 22.9 Å². The minimum atomic E-state index is -5.36. The first-order valence-electron chi connectivity index (χ1n) is 13.8. The largest absolute Gasteiger partial charge is 0.540 e. The zero-order chi connectivity index (χ0) is 33.1. The number of hydrogen-bond donors (Lipinski definition) is 4. The van der Waals surface area contributed by atoms with E-state index in [1.54, 1.807) is 24.3 Å². The maximum absolute atomic E-state index is 13.4. The highest BCUT2D eigenvalue weighted by Crippen LogP contribution is 2.32. The van der Waals surface area contributed by atoms with Crippen molar-refractivity contribution >= 4 is 33.4 Å². The number of rotatable bonds is 12. The summed E-state index contributed by atoms with van der Waals surface area (Å²) in [7, 11) is -5.36. The van der Waals surface area contributed by atoms with Crippen LogP contribution in [0.25, 0.3) is 22.8 Å². The van der Waals surface area contributed by atoms with Gasteiger partial charge in [-0.25, -0.2) is 9.97 Å². The SMILES string of the molecule is CCCOc1cc(C)ccc1-c1nc(N)c(N)c(=O)n1OS(=O)(=O)On1c(-c2ccc(C)cc2OCCC)nc(N)c(N)c1=O. The summed E-state index contributed by atoms with van der Waals surface area (Å²) in [6, 6.07) is 9.75. The van der Waals surface area contributed by atoms with Gasteiger partial charge in [-0.1, -0.05) is 26.0 Å². The van der Waals surface area contributed by atoms with E-state index in [1.165, 1.54) is 12.1 Å². The molecule has 0 unspecified atom stereocenters. The summed E-state index contributed by atoms with van der Waals surface area (Å²) in [6.45, 7) is 8.00. The van der Waals surface area contributed by atoms with Crippen molar-refractivity contribution in [1.29, 1.82) is 0 Å². The van der Waals surface area contributed by atoms with Crippen molar-refractivity contribution in [3.63, 3.8) is 0 Å². The lowest BCUT2D eigenvalue weighted by atomic mass is 10.1. The molecule has 2 aromatic heterocycles. The molecule has 2 heterocycles. The van der Waals surface area contributed by atoms with Crippen LogP contribution in [-0.2, 0) is 10.4 Å². The third kappa shape index (κ3) is 6.87. The second-order valence-electron chi connectivity index (χ2n) is 9.92. The van der Waals surface area contributed by atoms with Crippen LogP contribution in [0.15, 0.2) is 46.0 Å². The molecule has 240 valence electrons. The second-order valence-corrected chi connectivity index (χ2v) is 11.0. The van der Waals surface area contributed by atoms with Gasteiger partial charge in [0, 0.05) is 0 Å². The summed E-state index contributed by atoms with van der Waals surface area (Å²) in [5.74, 6) is -0.998. The lowest BCUT2D eigenvalue weighted by molar-refractivity contribution is 0.176. The van der Waals surface area contributed by atoms with Gasteiger partial charge in [-0.3, -0.25) is 18.2 Å². The van der Waals surface area contributed by atoms with E-state index in [0.717, 1.165) is 11.1 Å². The van der Waals surface area contributed by atoms with Crippen LogP contribution in [0.2, 0.25) is 0 Å². The van der Waals surface area contributed by atoms with E-state index in [-0.39, 0.29) is 55.4 Å². The molecule has 16 nitrogen and oxygen atoms in total. The Balaban J connectivity index is 1.87. The third-order valence-corrected chi connectivity index (χ3v) is 6.89. The van der Waals surface area contributed by atoms with Gasteiger partial charge in [-0.15, -0.1) is 17.9 Å². The summed E-state index contributed by atoms with van der Waals surface area (Å²) >= 11 is 0. The van der Waals surface area contributed by atoms with Gasteiger partial charge in [0.25, 0.3) is 0 Å². The second kappa shape index (κ2) is 13.0. The van der Waals surface area contributed by atoms with E-state index in [4.69, 9.17) is 41.0 Å². The summed E-state index contributed by atoms with van der Waals surface area (Å²) in [6.07, 6.45) is 1.30. The van der Waals surface area contributed by atoms with E-state index in [0.29, 0.717) is 26.1 Å². The Kier molecular flexibility index (Phi) is 9.41. The Labute approximate surface area is 258 Å². The Morgan fingerprint density at radius 3 is 1.42 bits per heavy atom. The molecular weight excluding hydrogens is 608 g/mol. The van der Waals surface area contributed by atoms with Crippen molar-refractivity contribution in [3.8, 4) is 34.3 Å². The minimum absolute atomic E-state index is 0.154. The fraction of sp³-hybridized carbons (Fsp3) is 0.286. The normalized spacial score (nSPS) is 11.3. The Morgan fingerprint density at radius 1 is 0.689 bits per heavy atom. The third-order valence-electron chi connectivity index (χ3n) is 6.23. The molecule has 0 aliphatic carbocycles. The average Bonchev–Trinajstić information content (AvgIpc) is 2.99. The standard InChI is InChI=1S/C28H34N8O8S/c1-5-11-41-19-13-15(3)7-9-17(19)25-33-23(31)21(29)27(37)35(25)43-45(39,40)44-36-26(34-24(32)22(30)28(36)38)18-10-8-16(4)14-20(18)42-12-6-2/h7-10,13-14H,5-6,11-12,29-32H2,1-4H3. The van der Waals surface area contributed by atoms with Crippen LogP contribution in [0.4, 0.5) is 23.0 Å². The summed E-state index contributed by atoms with van der Waals surface area (Å²) in [5, 5.41) is 0. The van der Waals surface area contributed by atoms with Gasteiger partial charge >= 0.3 is 21.5 Å². The van der Waals surface area contributed by atoms with Crippen molar-refractivity contribution in [2.24, 2.45) is 0 Å². The van der Waals surface area contributed by atoms with E-state index in [9.17, 15) is 18.0 Å². The Morgan fingerprint density at radius 2 is 1.07 bits per heavy atom. The van der Waals surface area contributed by atoms with Crippen molar-refractivity contribution < 1.29 is 26.5 Å². The van der Waals surface area contributed by atoms with Crippen LogP contribution in [0.5, 0.6) is 11.5 Å². The highest BCUT2D eigenvalue weighted by Gasteiger charge is 2.29. The molecule has 0 saturated carbocycles. The van der Waals surface area contributed by atoms with Crippen molar-refractivity contribution in [1.82, 2.24) is 19.4 Å². The summed E-state index contributed by atoms with van der Waals surface area (Å²) in [4.78, 5) is 34.7. The topological polar surface area (TPSA) is 245 Å². The molecule has 45 heavy (non-hydrogen) atoms. The predicted octanol–water partition coefficient (Wildman–Crippen LogP) is 1.46. The number of hydrogen-bond acceptors (Lipinski definition) is 14. The molecule has 4 rings (SSSR count). The number of ether oxygens (including phenoxy) is 2. The number of nitrogens with zero attached hydrogens (tertiary/aromatic N) is 4. The van der Waals surface area contributed by atoms with Gasteiger partial charge in [-0.2, -0.15) is 0 Å². The molecule has 0 fully saturated rings. The van der Waals surface area contributed by atoms with Crippen LogP contribution in [0, 0.1) is 13.8 Å². The van der Waals surface area contributed by atoms with Gasteiger partial charge < -0.3 is 32.4 Å². The highest BCUT2D eigenvalue weighted by atomic mass is 32.3. The molecule has 0 atom stereocenters. The molecule has 0 radical (unpaired) electrons. The highest BCUT2D eigenvalue weighted by molar-refractivity contribution is 7.82. The number of anilines is 4. The molecule has 0 aliphatic heterocycles. The summed E-state index contributed by atoms with van der Waals surface area (Å²) in [5.41, 5.74) is 21.7. The molecule has 17 heteroatoms. The summed E-state index contributed by atoms with van der Waals surface area (Å²) < 4.78 is 49.2. The minimum Gasteiger partial charge on any atom is -0.493 e. The van der Waals surface area contributed by atoms with Crippen molar-refractivity contribution in [2.45, 2.75) is 40.5 Å². The van der Waals surface area contributed by atoms with Crippen LogP contribution < -0.4 is 52.1 Å². The molecule has 0 amide bonds. The molecule has 0 bridgehead atoms. The number of nitrogen functional groups attached to an aromatic ring is 4. The van der Waals surface area contributed by atoms with Crippen LogP contribution in [0.3, 0.4) is 0 Å². The van der Waals surface area contributed by atoms with Crippen LogP contribution in [0.1, 0.15) is 37.8 Å². The number of benzene rings is 2. The number of nitrogens with two attached hydrogens (primary N) is 4. The smallest absolute Gasteiger partial charge is 0.493 e. The van der Waals surface area contributed by atoms with Crippen molar-refractivity contribution in [3.05, 3.63) is 68.2 Å². The monoisotopic (exact) mass is 642 g/mol. The van der Waals surface area contributed by atoms with Gasteiger partial charge in [0.05, 0.1) is 24.3 Å². The Hall–Kier alpha value is -5.45. The predicted molar refractivity (Wildman–Crippen MR) is 169 cm³/mol. The number of aromatic nitrogens is 4. The van der Waals surface area contributed by atoms with E-state index in [2.05, 4.69) is 9.97 Å². The fourth-order valence-electron chi connectivity index (χ4n) is 4.03. The zero-order valence-corrected chi connectivity index (χ0v) is 25.9. The van der Waals surface area contributed by atoms with Crippen LogP contribution >= 0.6 is 0 Å². The first-order valence-corrected chi connectivity index (χ1v) is 15.1. The lowest BCUT2D eigenvalue weighted by Crippen LogP contribution is -2.42. The van der Waals surface area contributed by atoms with Crippen LogP contribution in [-0.4, -0.2) is 41.1 Å². The first kappa shape index (κ1) is 32.5. The van der Waals surface area contributed by atoms with Gasteiger partial charge in [-0.05, 0) is 62.1 Å². The van der Waals surface area contributed by atoms with E-state index >= 15 is 0 Å². The number of aryl methyl sites for hydroxylation is 2. The Bertz CT molecular complexity index is 1840. The first-order chi connectivity index (χ1) is 21.3. The molecular formula is C28H34N8O8S. The van der Waals surface area contributed by atoms with E-state index < -0.39 is 32.9 Å². The molecule has 0 saturated heterocycles. The molecule has 8 N–H and O–H groups in total. The molecule has 0 aliphatic rings. The fourth-order valence-corrected chi connectivity index (χ4v) is 4.70. The molecule has 4 aromatic rings. The lowest BCUT2D eigenvalue weighted by Gasteiger charge is -2.18. The van der Waals surface area contributed by atoms with Gasteiger partial charge in [0.2, 0.25) is 0 Å².